The predicted molar refractivity (Wildman–Crippen MR) is 460 cm³/mol. The zero-order valence-electron chi connectivity index (χ0n) is 59.4. The van der Waals surface area contributed by atoms with Crippen molar-refractivity contribution in [3.8, 4) is 61.6 Å². The first-order valence-electron chi connectivity index (χ1n) is 37.6. The van der Waals surface area contributed by atoms with Gasteiger partial charge in [-0.15, -0.1) is 0 Å². The van der Waals surface area contributed by atoms with Crippen molar-refractivity contribution in [1.82, 2.24) is 13.7 Å². The molecule has 0 amide bonds. The smallest absolute Gasteiger partial charge is 0.252 e. The fourth-order valence-corrected chi connectivity index (χ4v) is 18.1. The van der Waals surface area contributed by atoms with Crippen LogP contribution >= 0.6 is 0 Å². The molecule has 0 radical (unpaired) electrons. The van der Waals surface area contributed by atoms with Gasteiger partial charge < -0.3 is 28.4 Å². The van der Waals surface area contributed by atoms with E-state index in [1.165, 1.54) is 48.7 Å². The second-order valence-electron chi connectivity index (χ2n) is 28.7. The monoisotopic (exact) mass is 1390 g/mol. The van der Waals surface area contributed by atoms with Gasteiger partial charge in [0.15, 0.2) is 0 Å². The molecule has 0 N–H and O–H groups in total. The summed E-state index contributed by atoms with van der Waals surface area (Å²) in [5.74, 6) is 0. The van der Waals surface area contributed by atoms with Crippen LogP contribution < -0.4 is 31.1 Å². The van der Waals surface area contributed by atoms with Crippen LogP contribution in [0.5, 0.6) is 0 Å². The molecule has 0 spiro atoms. The zero-order valence-corrected chi connectivity index (χ0v) is 59.4. The topological polar surface area (TPSA) is 24.5 Å². The molecule has 3 aromatic heterocycles. The number of hydrogen-bond acceptors (Lipinski definition) is 3. The van der Waals surface area contributed by atoms with Crippen molar-refractivity contribution < 1.29 is 0 Å². The van der Waals surface area contributed by atoms with Gasteiger partial charge in [0.05, 0.1) is 44.5 Å². The Kier molecular flexibility index (Phi) is 14.3. The minimum Gasteiger partial charge on any atom is -0.311 e. The van der Waals surface area contributed by atoms with E-state index in [-0.39, 0.29) is 6.71 Å². The van der Waals surface area contributed by atoms with E-state index in [0.29, 0.717) is 0 Å². The highest BCUT2D eigenvalue weighted by atomic mass is 15.2. The highest BCUT2D eigenvalue weighted by molar-refractivity contribution is 7.00. The quantitative estimate of drug-likeness (QED) is 0.114. The second kappa shape index (κ2) is 25.2. The van der Waals surface area contributed by atoms with Crippen molar-refractivity contribution in [3.63, 3.8) is 0 Å². The minimum atomic E-state index is -0.284. The molecule has 0 fully saturated rings. The summed E-state index contributed by atoms with van der Waals surface area (Å²) in [5.41, 5.74) is 32.4. The van der Waals surface area contributed by atoms with Crippen LogP contribution in [-0.2, 0) is 0 Å². The first kappa shape index (κ1) is 62.0. The molecule has 0 saturated heterocycles. The van der Waals surface area contributed by atoms with Crippen molar-refractivity contribution in [3.05, 3.63) is 406 Å². The largest absolute Gasteiger partial charge is 0.311 e. The van der Waals surface area contributed by atoms with E-state index in [4.69, 9.17) is 0 Å². The van der Waals surface area contributed by atoms with E-state index in [0.717, 1.165) is 146 Å². The highest BCUT2D eigenvalue weighted by Gasteiger charge is 2.45. The summed E-state index contributed by atoms with van der Waals surface area (Å²) in [6.07, 6.45) is 0. The number of benzene rings is 17. The standard InChI is InChI=1S/C102H67BN6/c1-7-30-68(31-8-1)72-60-73(69-32-9-2-10-33-69)62-79(61-72)108-97-64-77(105-91-49-24-19-42-83(91)84-43-20-25-50-92(84)105)54-57-89(97)103-90-58-55-78(106-95-53-28-23-46-87(95)88-63-76(56-59-96(88)106)104(74-38-15-5-16-39-74)75-40-17-6-18-41-75)65-98(90)109(102-81(70-34-11-3-12-35-70)47-29-48-82(102)71-36-13-4-14-37-71)100-67-80(66-99(108)101(100)103)107-93-51-26-21-44-85(93)86-45-22-27-52-94(86)107/h1-67H. The Morgan fingerprint density at radius 2 is 0.550 bits per heavy atom. The molecule has 20 aromatic rings. The SMILES string of the molecule is c1ccc(-c2cc(-c3ccccc3)cc(N3c4cc(-n5c6ccccc6c6ccccc65)ccc4B4c5ccc(-n6c7ccccc7c7cc(N(c8ccccc8)c8ccccc8)ccc76)cc5N(c5c(-c6ccccc6)cccc5-c5ccccc5)c5cc(-n6c7ccccc7c7ccccc76)cc3c54)c2)cc1. The van der Waals surface area contributed by atoms with Crippen molar-refractivity contribution >= 4 is 140 Å². The zero-order chi connectivity index (χ0) is 71.6. The summed E-state index contributed by atoms with van der Waals surface area (Å²) in [7, 11) is 0. The lowest BCUT2D eigenvalue weighted by Crippen LogP contribution is -2.61. The molecule has 22 rings (SSSR count). The van der Waals surface area contributed by atoms with E-state index < -0.39 is 0 Å². The lowest BCUT2D eigenvalue weighted by atomic mass is 9.33. The van der Waals surface area contributed by atoms with Crippen LogP contribution in [0.25, 0.3) is 127 Å². The Morgan fingerprint density at radius 1 is 0.202 bits per heavy atom. The van der Waals surface area contributed by atoms with Gasteiger partial charge in [-0.2, -0.15) is 0 Å². The van der Waals surface area contributed by atoms with Crippen LogP contribution in [0, 0.1) is 0 Å². The van der Waals surface area contributed by atoms with Crippen molar-refractivity contribution in [2.45, 2.75) is 0 Å². The van der Waals surface area contributed by atoms with Crippen LogP contribution in [0.15, 0.2) is 406 Å². The van der Waals surface area contributed by atoms with E-state index in [1.807, 2.05) is 0 Å². The maximum Gasteiger partial charge on any atom is 0.252 e. The van der Waals surface area contributed by atoms with Crippen molar-refractivity contribution in [2.75, 3.05) is 14.7 Å². The Hall–Kier alpha value is -14.4. The Balaban J connectivity index is 0.887. The molecule has 2 aliphatic rings. The molecular formula is C102H67BN6. The molecule has 7 heteroatoms. The van der Waals surface area contributed by atoms with E-state index in [9.17, 15) is 0 Å². The van der Waals surface area contributed by atoms with Gasteiger partial charge in [-0.1, -0.05) is 279 Å². The number of aromatic nitrogens is 3. The number of para-hydroxylation sites is 8. The molecule has 508 valence electrons. The summed E-state index contributed by atoms with van der Waals surface area (Å²) in [6, 6.07) is 151. The molecular weight excluding hydrogens is 1320 g/mol. The molecule has 6 nitrogen and oxygen atoms in total. The average Bonchev–Trinajstić information content (AvgIpc) is 1.12. The van der Waals surface area contributed by atoms with Gasteiger partial charge in [0, 0.05) is 100 Å². The first-order valence-corrected chi connectivity index (χ1v) is 37.6. The van der Waals surface area contributed by atoms with Gasteiger partial charge in [-0.3, -0.25) is 0 Å². The number of fused-ring (bicyclic) bond motifs is 13. The third-order valence-corrected chi connectivity index (χ3v) is 22.7. The number of rotatable bonds is 12. The van der Waals surface area contributed by atoms with Crippen LogP contribution in [-0.4, -0.2) is 20.4 Å². The molecule has 5 heterocycles. The second-order valence-corrected chi connectivity index (χ2v) is 28.7. The molecule has 0 bridgehead atoms. The normalized spacial score (nSPS) is 12.3. The van der Waals surface area contributed by atoms with Gasteiger partial charge in [0.1, 0.15) is 0 Å². The molecule has 17 aromatic carbocycles. The fourth-order valence-electron chi connectivity index (χ4n) is 18.1. The lowest BCUT2D eigenvalue weighted by molar-refractivity contribution is 1.15. The Labute approximate surface area is 632 Å². The maximum atomic E-state index is 2.69. The third-order valence-electron chi connectivity index (χ3n) is 22.7. The molecule has 0 atom stereocenters. The molecule has 0 aliphatic carbocycles. The van der Waals surface area contributed by atoms with Crippen molar-refractivity contribution in [2.24, 2.45) is 0 Å². The van der Waals surface area contributed by atoms with E-state index in [2.05, 4.69) is 435 Å². The molecule has 109 heavy (non-hydrogen) atoms. The van der Waals surface area contributed by atoms with Gasteiger partial charge in [-0.25, -0.2) is 0 Å². The predicted octanol–water partition coefficient (Wildman–Crippen LogP) is 25.2. The number of anilines is 9. The number of nitrogens with zero attached hydrogens (tertiary/aromatic N) is 6. The summed E-state index contributed by atoms with van der Waals surface area (Å²) < 4.78 is 7.53. The van der Waals surface area contributed by atoms with Crippen LogP contribution in [0.1, 0.15) is 0 Å². The van der Waals surface area contributed by atoms with Gasteiger partial charge in [0.25, 0.3) is 6.71 Å². The van der Waals surface area contributed by atoms with E-state index >= 15 is 0 Å². The summed E-state index contributed by atoms with van der Waals surface area (Å²) in [6.45, 7) is -0.284. The summed E-state index contributed by atoms with van der Waals surface area (Å²) in [5, 5.41) is 7.17. The average molecular weight is 1390 g/mol. The molecule has 2 aliphatic heterocycles. The minimum absolute atomic E-state index is 0.284. The maximum absolute atomic E-state index is 2.69. The Morgan fingerprint density at radius 3 is 0.991 bits per heavy atom. The first-order chi connectivity index (χ1) is 54.1. The Bertz CT molecular complexity index is 6730. The van der Waals surface area contributed by atoms with Gasteiger partial charge >= 0.3 is 0 Å². The lowest BCUT2D eigenvalue weighted by Gasteiger charge is -2.45. The van der Waals surface area contributed by atoms with E-state index in [1.54, 1.807) is 0 Å². The number of hydrogen-bond donors (Lipinski definition) is 0. The van der Waals surface area contributed by atoms with Gasteiger partial charge in [-0.05, 0) is 177 Å². The fraction of sp³-hybridized carbons (Fsp3) is 0. The van der Waals surface area contributed by atoms with Crippen LogP contribution in [0.3, 0.4) is 0 Å². The molecule has 0 unspecified atom stereocenters. The summed E-state index contributed by atoms with van der Waals surface area (Å²) in [4.78, 5) is 7.69. The van der Waals surface area contributed by atoms with Gasteiger partial charge in [0.2, 0.25) is 0 Å². The van der Waals surface area contributed by atoms with Crippen molar-refractivity contribution in [1.29, 1.82) is 0 Å². The highest BCUT2D eigenvalue weighted by Crippen LogP contribution is 2.53. The summed E-state index contributed by atoms with van der Waals surface area (Å²) >= 11 is 0. The van der Waals surface area contributed by atoms with Crippen LogP contribution in [0.4, 0.5) is 51.2 Å². The molecule has 0 saturated carbocycles. The third kappa shape index (κ3) is 9.91. The van der Waals surface area contributed by atoms with Crippen LogP contribution in [0.2, 0.25) is 0 Å².